The number of benzene rings is 1. The molecule has 0 radical (unpaired) electrons. The van der Waals surface area contributed by atoms with Crippen molar-refractivity contribution in [3.8, 4) is 5.75 Å². The summed E-state index contributed by atoms with van der Waals surface area (Å²) >= 11 is 0. The number of quaternary nitrogens is 1. The molecule has 0 bridgehead atoms. The monoisotopic (exact) mass is 410 g/mol. The number of methoxy groups -OCH3 is 1. The van der Waals surface area contributed by atoms with Crippen LogP contribution in [0.5, 0.6) is 5.75 Å². The van der Waals surface area contributed by atoms with Gasteiger partial charge in [0.2, 0.25) is 0 Å². The molecule has 7 nitrogen and oxygen atoms in total. The molecule has 1 aliphatic heterocycles. The Bertz CT molecular complexity index is 921. The summed E-state index contributed by atoms with van der Waals surface area (Å²) in [6, 6.07) is 9.66. The number of Topliss-reactive ketones (excluding diaryl/α,β-unsaturated/α-hetero) is 1. The van der Waals surface area contributed by atoms with Gasteiger partial charge in [-0.05, 0) is 49.7 Å². The number of carbonyl (C=O) groups is 2. The number of aromatic nitrogens is 1. The molecular weight excluding hydrogens is 382 g/mol. The Hall–Kier alpha value is -3.19. The third-order valence-corrected chi connectivity index (χ3v) is 5.61. The van der Waals surface area contributed by atoms with Gasteiger partial charge in [-0.2, -0.15) is 0 Å². The van der Waals surface area contributed by atoms with Gasteiger partial charge in [0.15, 0.2) is 0 Å². The summed E-state index contributed by atoms with van der Waals surface area (Å²) in [5.41, 5.74) is 1.24. The van der Waals surface area contributed by atoms with E-state index in [0.717, 1.165) is 19.6 Å². The van der Waals surface area contributed by atoms with Crippen molar-refractivity contribution in [3.05, 3.63) is 65.5 Å². The first kappa shape index (κ1) is 21.5. The minimum absolute atomic E-state index is 0.0905. The van der Waals surface area contributed by atoms with E-state index in [4.69, 9.17) is 4.74 Å². The highest BCUT2D eigenvalue weighted by atomic mass is 16.5. The van der Waals surface area contributed by atoms with Gasteiger partial charge in [0, 0.05) is 18.0 Å². The molecule has 2 heterocycles. The van der Waals surface area contributed by atoms with Gasteiger partial charge in [0.05, 0.1) is 44.9 Å². The van der Waals surface area contributed by atoms with E-state index in [1.165, 1.54) is 4.90 Å². The minimum atomic E-state index is -0.674. The minimum Gasteiger partial charge on any atom is -0.507 e. The molecule has 1 amide bonds. The molecule has 3 rings (SSSR count). The van der Waals surface area contributed by atoms with Crippen LogP contribution >= 0.6 is 0 Å². The molecule has 30 heavy (non-hydrogen) atoms. The highest BCUT2D eigenvalue weighted by Gasteiger charge is 2.46. The van der Waals surface area contributed by atoms with Crippen LogP contribution in [0, 0.1) is 0 Å². The molecule has 1 saturated heterocycles. The summed E-state index contributed by atoms with van der Waals surface area (Å²) in [6.07, 6.45) is 3.27. The second-order valence-corrected chi connectivity index (χ2v) is 7.21. The first-order chi connectivity index (χ1) is 14.5. The first-order valence-corrected chi connectivity index (χ1v) is 10.2. The van der Waals surface area contributed by atoms with Crippen molar-refractivity contribution in [1.29, 1.82) is 0 Å². The van der Waals surface area contributed by atoms with E-state index in [0.29, 0.717) is 23.4 Å². The number of nitrogens with one attached hydrogen (secondary N) is 1. The molecule has 0 unspecified atom stereocenters. The molecule has 0 saturated carbocycles. The van der Waals surface area contributed by atoms with E-state index in [2.05, 4.69) is 18.8 Å². The average Bonchev–Trinajstić information content (AvgIpc) is 3.05. The number of aliphatic hydroxyl groups excluding tert-OH is 1. The van der Waals surface area contributed by atoms with Crippen molar-refractivity contribution in [2.24, 2.45) is 0 Å². The first-order valence-electron chi connectivity index (χ1n) is 10.2. The van der Waals surface area contributed by atoms with Gasteiger partial charge in [-0.15, -0.1) is 0 Å². The van der Waals surface area contributed by atoms with E-state index in [9.17, 15) is 14.7 Å². The number of likely N-dealkylation sites (tertiary alicyclic amines) is 1. The van der Waals surface area contributed by atoms with E-state index >= 15 is 0 Å². The Morgan fingerprint density at radius 2 is 1.87 bits per heavy atom. The number of rotatable bonds is 8. The third kappa shape index (κ3) is 4.21. The second kappa shape index (κ2) is 9.54. The zero-order valence-corrected chi connectivity index (χ0v) is 17.6. The number of hydrogen-bond donors (Lipinski definition) is 2. The number of likely N-dealkylation sites (N-methyl/N-ethyl adjacent to an activating group) is 1. The maximum Gasteiger partial charge on any atom is 0.295 e. The molecule has 2 N–H and O–H groups in total. The molecule has 158 valence electrons. The molecule has 1 atom stereocenters. The Morgan fingerprint density at radius 3 is 2.43 bits per heavy atom. The predicted molar refractivity (Wildman–Crippen MR) is 113 cm³/mol. The topological polar surface area (TPSA) is 84.2 Å². The van der Waals surface area contributed by atoms with Crippen molar-refractivity contribution in [1.82, 2.24) is 9.88 Å². The van der Waals surface area contributed by atoms with E-state index in [-0.39, 0.29) is 11.3 Å². The summed E-state index contributed by atoms with van der Waals surface area (Å²) in [5.74, 6) is -0.822. The van der Waals surface area contributed by atoms with Gasteiger partial charge in [-0.1, -0.05) is 6.07 Å². The van der Waals surface area contributed by atoms with E-state index in [1.807, 2.05) is 6.07 Å². The fourth-order valence-electron chi connectivity index (χ4n) is 3.78. The maximum absolute atomic E-state index is 13.0. The molecular formula is C23H28N3O4+. The largest absolute Gasteiger partial charge is 0.507 e. The molecule has 1 aromatic carbocycles. The summed E-state index contributed by atoms with van der Waals surface area (Å²) < 4.78 is 5.16. The van der Waals surface area contributed by atoms with Crippen LogP contribution in [0.25, 0.3) is 5.76 Å². The fourth-order valence-corrected chi connectivity index (χ4v) is 3.78. The summed E-state index contributed by atoms with van der Waals surface area (Å²) in [5, 5.41) is 11.0. The van der Waals surface area contributed by atoms with Crippen LogP contribution in [0.1, 0.15) is 31.0 Å². The van der Waals surface area contributed by atoms with Crippen molar-refractivity contribution < 1.29 is 24.3 Å². The molecule has 1 aliphatic rings. The Morgan fingerprint density at radius 1 is 1.17 bits per heavy atom. The van der Waals surface area contributed by atoms with Crippen LogP contribution in [0.3, 0.4) is 0 Å². The summed E-state index contributed by atoms with van der Waals surface area (Å²) in [6.45, 7) is 7.19. The summed E-state index contributed by atoms with van der Waals surface area (Å²) in [4.78, 5) is 32.9. The Labute approximate surface area is 176 Å². The number of carbonyl (C=O) groups excluding carboxylic acids is 2. The van der Waals surface area contributed by atoms with Gasteiger partial charge < -0.3 is 19.6 Å². The smallest absolute Gasteiger partial charge is 0.295 e. The number of pyridine rings is 1. The molecule has 2 aromatic rings. The van der Waals surface area contributed by atoms with Crippen molar-refractivity contribution >= 4 is 17.4 Å². The van der Waals surface area contributed by atoms with Crippen LogP contribution in [-0.2, 0) is 9.59 Å². The fraction of sp³-hybridized carbons (Fsp3) is 0.348. The highest BCUT2D eigenvalue weighted by molar-refractivity contribution is 6.46. The number of ketones is 1. The van der Waals surface area contributed by atoms with Crippen LogP contribution in [0.15, 0.2) is 54.4 Å². The van der Waals surface area contributed by atoms with Gasteiger partial charge in [-0.3, -0.25) is 14.6 Å². The van der Waals surface area contributed by atoms with Crippen LogP contribution in [-0.4, -0.2) is 60.0 Å². The van der Waals surface area contributed by atoms with Gasteiger partial charge in [-0.25, -0.2) is 0 Å². The lowest BCUT2D eigenvalue weighted by atomic mass is 9.96. The SMILES string of the molecule is CC[NH+](CC)CCN1C(=O)C(=O)C(=C(O)c2ccc(OC)cc2)[C@H]1c1cccnc1. The summed E-state index contributed by atoms with van der Waals surface area (Å²) in [7, 11) is 1.56. The van der Waals surface area contributed by atoms with Crippen molar-refractivity contribution in [3.63, 3.8) is 0 Å². The lowest BCUT2D eigenvalue weighted by molar-refractivity contribution is -0.895. The van der Waals surface area contributed by atoms with Gasteiger partial charge >= 0.3 is 0 Å². The predicted octanol–water partition coefficient (Wildman–Crippen LogP) is 1.44. The quantitative estimate of drug-likeness (QED) is 0.391. The molecule has 7 heteroatoms. The second-order valence-electron chi connectivity index (χ2n) is 7.21. The van der Waals surface area contributed by atoms with Crippen molar-refractivity contribution in [2.45, 2.75) is 19.9 Å². The molecule has 0 spiro atoms. The molecule has 1 aromatic heterocycles. The number of aliphatic hydroxyl groups is 1. The van der Waals surface area contributed by atoms with Crippen LogP contribution in [0.2, 0.25) is 0 Å². The Kier molecular flexibility index (Phi) is 6.84. The zero-order chi connectivity index (χ0) is 21.7. The third-order valence-electron chi connectivity index (χ3n) is 5.61. The molecule has 0 aliphatic carbocycles. The van der Waals surface area contributed by atoms with Crippen molar-refractivity contribution in [2.75, 3.05) is 33.3 Å². The number of nitrogens with zero attached hydrogens (tertiary/aromatic N) is 2. The number of hydrogen-bond acceptors (Lipinski definition) is 5. The lowest BCUT2D eigenvalue weighted by Gasteiger charge is -2.26. The van der Waals surface area contributed by atoms with Gasteiger partial charge in [0.1, 0.15) is 11.5 Å². The van der Waals surface area contributed by atoms with Gasteiger partial charge in [0.25, 0.3) is 11.7 Å². The number of ether oxygens (including phenoxy) is 1. The zero-order valence-electron chi connectivity index (χ0n) is 17.6. The van der Waals surface area contributed by atoms with E-state index < -0.39 is 17.7 Å². The van der Waals surface area contributed by atoms with Crippen LogP contribution in [0.4, 0.5) is 0 Å². The molecule has 1 fully saturated rings. The van der Waals surface area contributed by atoms with Crippen LogP contribution < -0.4 is 9.64 Å². The average molecular weight is 410 g/mol. The Balaban J connectivity index is 2.05. The standard InChI is InChI=1S/C23H27N3O4/c1-4-25(5-2)13-14-26-20(17-7-6-12-24-15-17)19(22(28)23(26)29)21(27)16-8-10-18(30-3)11-9-16/h6-12,15,20,27H,4-5,13-14H2,1-3H3/p+1/t20-/m1/s1. The lowest BCUT2D eigenvalue weighted by Crippen LogP contribution is -3.12. The maximum atomic E-state index is 13.0. The van der Waals surface area contributed by atoms with E-state index in [1.54, 1.807) is 54.7 Å². The normalized spacial score (nSPS) is 18.3. The number of amides is 1. The highest BCUT2D eigenvalue weighted by Crippen LogP contribution is 2.38.